The lowest BCUT2D eigenvalue weighted by Gasteiger charge is -2.30. The molecule has 142 valence electrons. The van der Waals surface area contributed by atoms with Gasteiger partial charge in [-0.25, -0.2) is 0 Å². The number of esters is 1. The first-order valence-electron chi connectivity index (χ1n) is 8.90. The molecule has 0 aromatic heterocycles. The first kappa shape index (κ1) is 20.4. The highest BCUT2D eigenvalue weighted by atomic mass is 79.9. The van der Waals surface area contributed by atoms with Gasteiger partial charge in [-0.05, 0) is 49.9 Å². The van der Waals surface area contributed by atoms with Crippen LogP contribution >= 0.6 is 15.9 Å². The minimum atomic E-state index is -0.888. The van der Waals surface area contributed by atoms with Gasteiger partial charge in [0.05, 0.1) is 0 Å². The summed E-state index contributed by atoms with van der Waals surface area (Å²) in [5.74, 6) is -0.880. The van der Waals surface area contributed by atoms with Gasteiger partial charge < -0.3 is 15.4 Å². The van der Waals surface area contributed by atoms with Crippen molar-refractivity contribution in [3.63, 3.8) is 0 Å². The van der Waals surface area contributed by atoms with Crippen LogP contribution in [0, 0.1) is 5.92 Å². The molecule has 0 spiro atoms. The van der Waals surface area contributed by atoms with E-state index < -0.39 is 12.1 Å². The third kappa shape index (κ3) is 6.12. The minimum absolute atomic E-state index is 0.134. The Morgan fingerprint density at radius 1 is 1.19 bits per heavy atom. The Bertz CT molecular complexity index is 647. The number of rotatable bonds is 6. The van der Waals surface area contributed by atoms with Crippen molar-refractivity contribution in [2.75, 3.05) is 6.54 Å². The molecule has 0 aliphatic heterocycles. The van der Waals surface area contributed by atoms with E-state index in [-0.39, 0.29) is 24.4 Å². The zero-order valence-electron chi connectivity index (χ0n) is 15.1. The van der Waals surface area contributed by atoms with Crippen LogP contribution in [0.25, 0.3) is 0 Å². The summed E-state index contributed by atoms with van der Waals surface area (Å²) in [7, 11) is 0. The zero-order chi connectivity index (χ0) is 19.1. The topological polar surface area (TPSA) is 84.5 Å². The quantitative estimate of drug-likeness (QED) is 0.687. The summed E-state index contributed by atoms with van der Waals surface area (Å²) in [5.41, 5.74) is 0.443. The van der Waals surface area contributed by atoms with Crippen molar-refractivity contribution in [1.82, 2.24) is 10.6 Å². The van der Waals surface area contributed by atoms with Gasteiger partial charge in [-0.2, -0.15) is 0 Å². The van der Waals surface area contributed by atoms with Gasteiger partial charge >= 0.3 is 5.97 Å². The fourth-order valence-corrected chi connectivity index (χ4v) is 3.24. The number of hydrogen-bond acceptors (Lipinski definition) is 4. The lowest BCUT2D eigenvalue weighted by atomic mass is 9.86. The molecule has 0 bridgehead atoms. The van der Waals surface area contributed by atoms with Crippen molar-refractivity contribution < 1.29 is 19.1 Å². The Hall–Kier alpha value is -1.89. The molecular weight excluding hydrogens is 400 g/mol. The molecule has 2 amide bonds. The van der Waals surface area contributed by atoms with Crippen molar-refractivity contribution >= 4 is 33.7 Å². The Labute approximate surface area is 162 Å². The molecule has 1 aliphatic carbocycles. The number of carbonyl (C=O) groups is 3. The molecule has 0 saturated heterocycles. The molecule has 1 fully saturated rings. The Morgan fingerprint density at radius 2 is 1.85 bits per heavy atom. The monoisotopic (exact) mass is 424 g/mol. The number of carbonyl (C=O) groups excluding carboxylic acids is 3. The van der Waals surface area contributed by atoms with Crippen molar-refractivity contribution in [1.29, 1.82) is 0 Å². The SMILES string of the molecule is C[C@H](OC(=O)CNC(=O)c1ccc(Br)cc1)C(=O)N[C@H]1CCCC[C@H]1C. The van der Waals surface area contributed by atoms with E-state index in [9.17, 15) is 14.4 Å². The zero-order valence-corrected chi connectivity index (χ0v) is 16.7. The van der Waals surface area contributed by atoms with Gasteiger partial charge in [0.2, 0.25) is 0 Å². The molecule has 2 N–H and O–H groups in total. The lowest BCUT2D eigenvalue weighted by Crippen LogP contribution is -2.46. The number of benzene rings is 1. The van der Waals surface area contributed by atoms with Crippen LogP contribution in [0.1, 0.15) is 49.9 Å². The highest BCUT2D eigenvalue weighted by Gasteiger charge is 2.26. The van der Waals surface area contributed by atoms with Crippen LogP contribution in [-0.4, -0.2) is 36.5 Å². The first-order valence-corrected chi connectivity index (χ1v) is 9.69. The Balaban J connectivity index is 1.74. The minimum Gasteiger partial charge on any atom is -0.451 e. The molecule has 6 nitrogen and oxygen atoms in total. The third-order valence-electron chi connectivity index (χ3n) is 4.62. The molecule has 0 unspecified atom stereocenters. The highest BCUT2D eigenvalue weighted by molar-refractivity contribution is 9.10. The van der Waals surface area contributed by atoms with E-state index in [1.165, 1.54) is 13.3 Å². The maximum atomic E-state index is 12.2. The van der Waals surface area contributed by atoms with Crippen LogP contribution in [0.15, 0.2) is 28.7 Å². The largest absolute Gasteiger partial charge is 0.451 e. The Morgan fingerprint density at radius 3 is 2.50 bits per heavy atom. The molecular formula is C19H25BrN2O4. The lowest BCUT2D eigenvalue weighted by molar-refractivity contribution is -0.154. The number of amides is 2. The third-order valence-corrected chi connectivity index (χ3v) is 5.14. The number of ether oxygens (including phenoxy) is 1. The van der Waals surface area contributed by atoms with Gasteiger partial charge in [-0.3, -0.25) is 14.4 Å². The molecule has 1 aliphatic rings. The second-order valence-corrected chi connectivity index (χ2v) is 7.61. The van der Waals surface area contributed by atoms with Crippen LogP contribution in [0.3, 0.4) is 0 Å². The second kappa shape index (κ2) is 9.71. The van der Waals surface area contributed by atoms with Crippen LogP contribution in [0.5, 0.6) is 0 Å². The number of hydrogen-bond donors (Lipinski definition) is 2. The maximum Gasteiger partial charge on any atom is 0.326 e. The summed E-state index contributed by atoms with van der Waals surface area (Å²) in [6.07, 6.45) is 3.46. The van der Waals surface area contributed by atoms with Gasteiger partial charge in [-0.1, -0.05) is 35.7 Å². The highest BCUT2D eigenvalue weighted by Crippen LogP contribution is 2.23. The van der Waals surface area contributed by atoms with E-state index in [0.717, 1.165) is 23.7 Å². The molecule has 7 heteroatoms. The van der Waals surface area contributed by atoms with E-state index >= 15 is 0 Å². The molecule has 0 heterocycles. The molecule has 2 rings (SSSR count). The van der Waals surface area contributed by atoms with E-state index in [0.29, 0.717) is 11.5 Å². The summed E-state index contributed by atoms with van der Waals surface area (Å²) >= 11 is 3.29. The molecule has 1 aromatic rings. The Kier molecular flexibility index (Phi) is 7.63. The molecule has 1 saturated carbocycles. The summed E-state index contributed by atoms with van der Waals surface area (Å²) in [6.45, 7) is 3.38. The average molecular weight is 425 g/mol. The van der Waals surface area contributed by atoms with Crippen molar-refractivity contribution in [2.24, 2.45) is 5.92 Å². The average Bonchev–Trinajstić information content (AvgIpc) is 2.62. The van der Waals surface area contributed by atoms with Crippen molar-refractivity contribution in [3.05, 3.63) is 34.3 Å². The second-order valence-electron chi connectivity index (χ2n) is 6.70. The summed E-state index contributed by atoms with van der Waals surface area (Å²) in [6, 6.07) is 6.91. The molecule has 0 radical (unpaired) electrons. The number of nitrogens with one attached hydrogen (secondary N) is 2. The van der Waals surface area contributed by atoms with E-state index in [1.807, 2.05) is 0 Å². The van der Waals surface area contributed by atoms with Crippen molar-refractivity contribution in [3.8, 4) is 0 Å². The summed E-state index contributed by atoms with van der Waals surface area (Å²) < 4.78 is 5.98. The van der Waals surface area contributed by atoms with Crippen LogP contribution in [0.2, 0.25) is 0 Å². The molecule has 3 atom stereocenters. The van der Waals surface area contributed by atoms with E-state index in [1.54, 1.807) is 24.3 Å². The van der Waals surface area contributed by atoms with Gasteiger partial charge in [-0.15, -0.1) is 0 Å². The first-order chi connectivity index (χ1) is 12.4. The molecule has 1 aromatic carbocycles. The smallest absolute Gasteiger partial charge is 0.326 e. The van der Waals surface area contributed by atoms with Gasteiger partial charge in [0.25, 0.3) is 11.8 Å². The standard InChI is InChI=1S/C19H25BrN2O4/c1-12-5-3-4-6-16(12)22-18(24)13(2)26-17(23)11-21-19(25)14-7-9-15(20)10-8-14/h7-10,12-13,16H,3-6,11H2,1-2H3,(H,21,25)(H,22,24)/t12-,13+,16+/m1/s1. The van der Waals surface area contributed by atoms with Crippen LogP contribution in [0.4, 0.5) is 0 Å². The fourth-order valence-electron chi connectivity index (χ4n) is 2.98. The molecule has 26 heavy (non-hydrogen) atoms. The maximum absolute atomic E-state index is 12.2. The van der Waals surface area contributed by atoms with Crippen LogP contribution in [-0.2, 0) is 14.3 Å². The number of halogens is 1. The van der Waals surface area contributed by atoms with Gasteiger partial charge in [0.15, 0.2) is 6.10 Å². The predicted octanol–water partition coefficient (Wildman–Crippen LogP) is 2.81. The normalized spacial score (nSPS) is 20.7. The summed E-state index contributed by atoms with van der Waals surface area (Å²) in [5, 5.41) is 5.45. The van der Waals surface area contributed by atoms with E-state index in [4.69, 9.17) is 4.74 Å². The predicted molar refractivity (Wildman–Crippen MR) is 102 cm³/mol. The summed E-state index contributed by atoms with van der Waals surface area (Å²) in [4.78, 5) is 36.0. The van der Waals surface area contributed by atoms with Crippen molar-refractivity contribution in [2.45, 2.75) is 51.7 Å². The van der Waals surface area contributed by atoms with Crippen LogP contribution < -0.4 is 10.6 Å². The van der Waals surface area contributed by atoms with E-state index in [2.05, 4.69) is 33.5 Å². The van der Waals surface area contributed by atoms with Gasteiger partial charge in [0, 0.05) is 16.1 Å². The fraction of sp³-hybridized carbons (Fsp3) is 0.526. The van der Waals surface area contributed by atoms with Gasteiger partial charge in [0.1, 0.15) is 6.54 Å².